The molecule has 1 aromatic heterocycles. The summed E-state index contributed by atoms with van der Waals surface area (Å²) in [7, 11) is 0. The number of nitrogen functional groups attached to an aromatic ring is 1. The number of anilines is 1. The average Bonchev–Trinajstić information content (AvgIpc) is 2.04. The first-order valence-electron chi connectivity index (χ1n) is 3.34. The van der Waals surface area contributed by atoms with E-state index in [4.69, 9.17) is 17.3 Å². The van der Waals surface area contributed by atoms with Crippen molar-refractivity contribution < 1.29 is 8.78 Å². The second-order valence-corrected chi connectivity index (χ2v) is 3.68. The minimum Gasteiger partial charge on any atom is -0.383 e. The van der Waals surface area contributed by atoms with E-state index in [9.17, 15) is 8.78 Å². The lowest BCUT2D eigenvalue weighted by Crippen LogP contribution is -2.03. The molecule has 0 aliphatic rings. The Balaban J connectivity index is 3.30. The normalized spacial score (nSPS) is 10.8. The molecule has 2 N–H and O–H groups in total. The van der Waals surface area contributed by atoms with Crippen LogP contribution in [0.3, 0.4) is 0 Å². The Morgan fingerprint density at radius 1 is 1.62 bits per heavy atom. The van der Waals surface area contributed by atoms with Crippen LogP contribution in [-0.2, 0) is 5.88 Å². The summed E-state index contributed by atoms with van der Waals surface area (Å²) >= 11 is 7.33. The van der Waals surface area contributed by atoms with Gasteiger partial charge in [-0.05, 0) is 28.2 Å². The number of alkyl halides is 3. The predicted octanol–water partition coefficient (Wildman–Crippen LogP) is 2.94. The van der Waals surface area contributed by atoms with Crippen LogP contribution < -0.4 is 5.73 Å². The number of halogens is 4. The maximum atomic E-state index is 12.4. The van der Waals surface area contributed by atoms with Crippen molar-refractivity contribution in [2.24, 2.45) is 0 Å². The summed E-state index contributed by atoms with van der Waals surface area (Å²) in [6, 6.07) is 0. The van der Waals surface area contributed by atoms with E-state index in [1.807, 2.05) is 0 Å². The monoisotopic (exact) mass is 318 g/mol. The highest BCUT2D eigenvalue weighted by atomic mass is 127. The summed E-state index contributed by atoms with van der Waals surface area (Å²) in [5.41, 5.74) is 5.66. The van der Waals surface area contributed by atoms with E-state index in [-0.39, 0.29) is 17.3 Å². The number of hydrogen-bond donors (Lipinski definition) is 1. The zero-order chi connectivity index (χ0) is 10.0. The quantitative estimate of drug-likeness (QED) is 0.672. The standard InChI is InChI=1S/C7H6ClF2IN2/c8-1-3-2-13-7(12)4(5(3)11)6(9)10/h2,6H,1H2,(H2,12,13). The van der Waals surface area contributed by atoms with Crippen LogP contribution in [0.25, 0.3) is 0 Å². The highest BCUT2D eigenvalue weighted by molar-refractivity contribution is 14.1. The maximum Gasteiger partial charge on any atom is 0.268 e. The molecular formula is C7H6ClF2IN2. The third-order valence-corrected chi connectivity index (χ3v) is 3.08. The van der Waals surface area contributed by atoms with E-state index < -0.39 is 6.43 Å². The van der Waals surface area contributed by atoms with Crippen LogP contribution in [0.4, 0.5) is 14.6 Å². The van der Waals surface area contributed by atoms with Crippen LogP contribution in [-0.4, -0.2) is 4.98 Å². The molecule has 1 rings (SSSR count). The van der Waals surface area contributed by atoms with Gasteiger partial charge in [0.1, 0.15) is 5.82 Å². The largest absolute Gasteiger partial charge is 0.383 e. The van der Waals surface area contributed by atoms with E-state index in [2.05, 4.69) is 4.98 Å². The first kappa shape index (κ1) is 10.9. The van der Waals surface area contributed by atoms with Gasteiger partial charge in [0.25, 0.3) is 6.43 Å². The molecule has 0 saturated heterocycles. The Morgan fingerprint density at radius 3 is 2.69 bits per heavy atom. The van der Waals surface area contributed by atoms with Gasteiger partial charge in [0.2, 0.25) is 0 Å². The number of nitrogens with two attached hydrogens (primary N) is 1. The van der Waals surface area contributed by atoms with Crippen molar-refractivity contribution in [1.82, 2.24) is 4.98 Å². The Hall–Kier alpha value is -0.170. The second kappa shape index (κ2) is 4.36. The van der Waals surface area contributed by atoms with E-state index in [1.165, 1.54) is 6.20 Å². The Bertz CT molecular complexity index is 320. The summed E-state index contributed by atoms with van der Waals surface area (Å²) in [4.78, 5) is 3.64. The van der Waals surface area contributed by atoms with Crippen molar-refractivity contribution in [1.29, 1.82) is 0 Å². The lowest BCUT2D eigenvalue weighted by Gasteiger charge is -2.08. The van der Waals surface area contributed by atoms with E-state index >= 15 is 0 Å². The third-order valence-electron chi connectivity index (χ3n) is 1.52. The average molecular weight is 318 g/mol. The van der Waals surface area contributed by atoms with Crippen molar-refractivity contribution in [2.45, 2.75) is 12.3 Å². The Kier molecular flexibility index (Phi) is 3.66. The van der Waals surface area contributed by atoms with Gasteiger partial charge >= 0.3 is 0 Å². The van der Waals surface area contributed by atoms with Gasteiger partial charge in [0.05, 0.1) is 5.56 Å². The molecule has 1 aromatic rings. The van der Waals surface area contributed by atoms with Crippen LogP contribution in [0, 0.1) is 3.57 Å². The molecule has 13 heavy (non-hydrogen) atoms. The van der Waals surface area contributed by atoms with Gasteiger partial charge in [-0.15, -0.1) is 11.6 Å². The first-order chi connectivity index (χ1) is 6.07. The van der Waals surface area contributed by atoms with E-state index in [0.29, 0.717) is 9.13 Å². The van der Waals surface area contributed by atoms with Crippen LogP contribution in [0.2, 0.25) is 0 Å². The summed E-state index contributed by atoms with van der Waals surface area (Å²) in [6.07, 6.45) is -1.20. The first-order valence-corrected chi connectivity index (χ1v) is 4.96. The predicted molar refractivity (Wildman–Crippen MR) is 55.9 cm³/mol. The lowest BCUT2D eigenvalue weighted by atomic mass is 10.2. The van der Waals surface area contributed by atoms with Gasteiger partial charge in [-0.2, -0.15) is 0 Å². The molecule has 6 heteroatoms. The molecule has 0 radical (unpaired) electrons. The molecule has 0 saturated carbocycles. The molecule has 0 bridgehead atoms. The summed E-state index contributed by atoms with van der Waals surface area (Å²) in [6.45, 7) is 0. The van der Waals surface area contributed by atoms with Gasteiger partial charge in [-0.25, -0.2) is 13.8 Å². The molecule has 2 nitrogen and oxygen atoms in total. The zero-order valence-electron chi connectivity index (χ0n) is 6.40. The lowest BCUT2D eigenvalue weighted by molar-refractivity contribution is 0.151. The fourth-order valence-corrected chi connectivity index (χ4v) is 2.13. The molecule has 0 aliphatic carbocycles. The van der Waals surface area contributed by atoms with Crippen molar-refractivity contribution in [3.63, 3.8) is 0 Å². The third kappa shape index (κ3) is 2.19. The van der Waals surface area contributed by atoms with Gasteiger partial charge in [-0.1, -0.05) is 0 Å². The molecule has 0 unspecified atom stereocenters. The molecule has 0 aromatic carbocycles. The topological polar surface area (TPSA) is 38.9 Å². The van der Waals surface area contributed by atoms with Gasteiger partial charge in [0, 0.05) is 15.6 Å². The minimum absolute atomic E-state index is 0.131. The molecule has 72 valence electrons. The molecule has 1 heterocycles. The second-order valence-electron chi connectivity index (χ2n) is 2.33. The zero-order valence-corrected chi connectivity index (χ0v) is 9.31. The van der Waals surface area contributed by atoms with Gasteiger partial charge < -0.3 is 5.73 Å². The van der Waals surface area contributed by atoms with Gasteiger partial charge in [-0.3, -0.25) is 0 Å². The Morgan fingerprint density at radius 2 is 2.23 bits per heavy atom. The fraction of sp³-hybridized carbons (Fsp3) is 0.286. The van der Waals surface area contributed by atoms with Crippen molar-refractivity contribution in [2.75, 3.05) is 5.73 Å². The number of nitrogens with zero attached hydrogens (tertiary/aromatic N) is 1. The SMILES string of the molecule is Nc1ncc(CCl)c(I)c1C(F)F. The number of aromatic nitrogens is 1. The maximum absolute atomic E-state index is 12.4. The number of rotatable bonds is 2. The van der Waals surface area contributed by atoms with Crippen LogP contribution >= 0.6 is 34.2 Å². The minimum atomic E-state index is -2.61. The number of hydrogen-bond acceptors (Lipinski definition) is 2. The highest BCUT2D eigenvalue weighted by Gasteiger charge is 2.18. The number of pyridine rings is 1. The molecule has 0 amide bonds. The molecule has 0 aliphatic heterocycles. The van der Waals surface area contributed by atoms with E-state index in [1.54, 1.807) is 22.6 Å². The summed E-state index contributed by atoms with van der Waals surface area (Å²) in [5, 5.41) is 0. The Labute approximate surface area is 92.6 Å². The summed E-state index contributed by atoms with van der Waals surface area (Å²) < 4.78 is 25.3. The van der Waals surface area contributed by atoms with Crippen LogP contribution in [0.1, 0.15) is 17.6 Å². The van der Waals surface area contributed by atoms with Crippen molar-refractivity contribution >= 4 is 40.0 Å². The van der Waals surface area contributed by atoms with Crippen LogP contribution in [0.15, 0.2) is 6.20 Å². The van der Waals surface area contributed by atoms with E-state index in [0.717, 1.165) is 0 Å². The molecule has 0 atom stereocenters. The molecule has 0 fully saturated rings. The molecule has 0 spiro atoms. The van der Waals surface area contributed by atoms with Gasteiger partial charge in [0.15, 0.2) is 0 Å². The smallest absolute Gasteiger partial charge is 0.268 e. The molecular weight excluding hydrogens is 312 g/mol. The van der Waals surface area contributed by atoms with Crippen molar-refractivity contribution in [3.05, 3.63) is 20.9 Å². The summed E-state index contributed by atoms with van der Waals surface area (Å²) in [5.74, 6) is 0.0268. The van der Waals surface area contributed by atoms with Crippen LogP contribution in [0.5, 0.6) is 0 Å². The van der Waals surface area contributed by atoms with Crippen molar-refractivity contribution in [3.8, 4) is 0 Å². The highest BCUT2D eigenvalue weighted by Crippen LogP contribution is 2.30. The fourth-order valence-electron chi connectivity index (χ4n) is 0.860.